The molecule has 26 heavy (non-hydrogen) atoms. The molecule has 0 amide bonds. The van der Waals surface area contributed by atoms with Gasteiger partial charge in [-0.2, -0.15) is 0 Å². The molecule has 0 aromatic heterocycles. The monoisotopic (exact) mass is 367 g/mol. The lowest BCUT2D eigenvalue weighted by Gasteiger charge is -2.27. The molecule has 6 heteroatoms. The molecular weight excluding hydrogens is 334 g/mol. The number of aliphatic carboxylic acids is 1. The van der Waals surface area contributed by atoms with Gasteiger partial charge in [0, 0.05) is 5.56 Å². The first-order chi connectivity index (χ1) is 12.4. The minimum absolute atomic E-state index is 0.0711. The summed E-state index contributed by atoms with van der Waals surface area (Å²) in [5.74, 6) is 1.16. The van der Waals surface area contributed by atoms with Crippen LogP contribution in [-0.4, -0.2) is 36.9 Å². The van der Waals surface area contributed by atoms with E-state index in [9.17, 15) is 4.79 Å². The van der Waals surface area contributed by atoms with Crippen molar-refractivity contribution in [1.82, 2.24) is 0 Å². The van der Waals surface area contributed by atoms with Crippen molar-refractivity contribution in [3.8, 4) is 17.2 Å². The highest BCUT2D eigenvalue weighted by molar-refractivity contribution is 5.73. The van der Waals surface area contributed by atoms with Crippen LogP contribution < -0.4 is 19.9 Å². The first-order valence-electron chi connectivity index (χ1n) is 9.44. The lowest BCUT2D eigenvalue weighted by Crippen LogP contribution is -2.33. The lowest BCUT2D eigenvalue weighted by atomic mass is 9.81. The summed E-state index contributed by atoms with van der Waals surface area (Å²) < 4.78 is 17.4. The Kier molecular flexibility index (Phi) is 9.27. The molecule has 0 radical (unpaired) electrons. The van der Waals surface area contributed by atoms with Gasteiger partial charge in [-0.15, -0.1) is 0 Å². The standard InChI is InChI=1S/C20H33NO5/c1-6-14(12-16(21)20(22)23)13(5)15-10-11-17(24-7-2)19(26-9-4)18(15)25-8-3/h10-11,13-14,16H,6-9,12,21H2,1-5H3,(H,22,23). The zero-order valence-electron chi connectivity index (χ0n) is 16.6. The maximum atomic E-state index is 11.1. The number of rotatable bonds is 12. The Morgan fingerprint density at radius 1 is 1.04 bits per heavy atom. The third kappa shape index (κ3) is 5.53. The van der Waals surface area contributed by atoms with E-state index in [4.69, 9.17) is 25.1 Å². The van der Waals surface area contributed by atoms with Crippen molar-refractivity contribution >= 4 is 5.97 Å². The predicted octanol–water partition coefficient (Wildman–Crippen LogP) is 3.81. The summed E-state index contributed by atoms with van der Waals surface area (Å²) in [6, 6.07) is 3.01. The summed E-state index contributed by atoms with van der Waals surface area (Å²) in [5, 5.41) is 9.14. The summed E-state index contributed by atoms with van der Waals surface area (Å²) in [5.41, 5.74) is 6.76. The van der Waals surface area contributed by atoms with Gasteiger partial charge in [-0.1, -0.05) is 26.3 Å². The molecule has 3 unspecified atom stereocenters. The van der Waals surface area contributed by atoms with E-state index in [2.05, 4.69) is 6.92 Å². The topological polar surface area (TPSA) is 91.0 Å². The van der Waals surface area contributed by atoms with Gasteiger partial charge in [0.05, 0.1) is 19.8 Å². The van der Waals surface area contributed by atoms with E-state index in [1.54, 1.807) is 0 Å². The Hall–Kier alpha value is -1.95. The molecule has 0 fully saturated rings. The number of nitrogens with two attached hydrogens (primary N) is 1. The first-order valence-corrected chi connectivity index (χ1v) is 9.44. The van der Waals surface area contributed by atoms with Crippen LogP contribution >= 0.6 is 0 Å². The molecule has 0 aliphatic carbocycles. The SMILES string of the molecule is CCOc1ccc(C(C)C(CC)CC(N)C(=O)O)c(OCC)c1OCC. The smallest absolute Gasteiger partial charge is 0.320 e. The van der Waals surface area contributed by atoms with E-state index in [0.29, 0.717) is 43.5 Å². The average Bonchev–Trinajstić information content (AvgIpc) is 2.61. The average molecular weight is 367 g/mol. The van der Waals surface area contributed by atoms with Crippen LogP contribution in [0.3, 0.4) is 0 Å². The molecule has 1 aromatic carbocycles. The fraction of sp³-hybridized carbons (Fsp3) is 0.650. The molecule has 0 spiro atoms. The quantitative estimate of drug-likeness (QED) is 0.584. The van der Waals surface area contributed by atoms with E-state index in [1.165, 1.54) is 0 Å². The molecule has 0 aliphatic heterocycles. The molecule has 1 rings (SSSR count). The lowest BCUT2D eigenvalue weighted by molar-refractivity contribution is -0.139. The second kappa shape index (κ2) is 10.9. The van der Waals surface area contributed by atoms with E-state index >= 15 is 0 Å². The van der Waals surface area contributed by atoms with Gasteiger partial charge in [0.1, 0.15) is 6.04 Å². The van der Waals surface area contributed by atoms with Crippen molar-refractivity contribution in [3.63, 3.8) is 0 Å². The van der Waals surface area contributed by atoms with Gasteiger partial charge in [0.25, 0.3) is 0 Å². The zero-order chi connectivity index (χ0) is 19.7. The highest BCUT2D eigenvalue weighted by Crippen LogP contribution is 2.45. The summed E-state index contributed by atoms with van der Waals surface area (Å²) in [6.45, 7) is 11.4. The van der Waals surface area contributed by atoms with Crippen molar-refractivity contribution in [2.45, 2.75) is 59.4 Å². The number of benzene rings is 1. The van der Waals surface area contributed by atoms with E-state index in [0.717, 1.165) is 12.0 Å². The third-order valence-corrected chi connectivity index (χ3v) is 4.58. The summed E-state index contributed by atoms with van der Waals surface area (Å²) >= 11 is 0. The first kappa shape index (κ1) is 22.1. The molecule has 0 saturated heterocycles. The Bertz CT molecular complexity index is 576. The number of hydrogen-bond donors (Lipinski definition) is 2. The van der Waals surface area contributed by atoms with Gasteiger partial charge < -0.3 is 25.1 Å². The van der Waals surface area contributed by atoms with Gasteiger partial charge in [0.2, 0.25) is 5.75 Å². The van der Waals surface area contributed by atoms with E-state index in [-0.39, 0.29) is 11.8 Å². The number of hydrogen-bond acceptors (Lipinski definition) is 5. The fourth-order valence-electron chi connectivity index (χ4n) is 3.17. The van der Waals surface area contributed by atoms with Crippen molar-refractivity contribution in [2.24, 2.45) is 11.7 Å². The van der Waals surface area contributed by atoms with Gasteiger partial charge in [0.15, 0.2) is 11.5 Å². The maximum absolute atomic E-state index is 11.1. The zero-order valence-corrected chi connectivity index (χ0v) is 16.6. The van der Waals surface area contributed by atoms with Crippen LogP contribution in [0.5, 0.6) is 17.2 Å². The van der Waals surface area contributed by atoms with Gasteiger partial charge in [-0.25, -0.2) is 0 Å². The fourth-order valence-corrected chi connectivity index (χ4v) is 3.17. The molecule has 3 N–H and O–H groups in total. The van der Waals surface area contributed by atoms with E-state index < -0.39 is 12.0 Å². The maximum Gasteiger partial charge on any atom is 0.320 e. The van der Waals surface area contributed by atoms with Crippen LogP contribution in [-0.2, 0) is 4.79 Å². The van der Waals surface area contributed by atoms with Crippen LogP contribution in [0.1, 0.15) is 58.9 Å². The molecule has 0 heterocycles. The summed E-state index contributed by atoms with van der Waals surface area (Å²) in [7, 11) is 0. The van der Waals surface area contributed by atoms with Gasteiger partial charge >= 0.3 is 5.97 Å². The van der Waals surface area contributed by atoms with Crippen molar-refractivity contribution in [1.29, 1.82) is 0 Å². The molecule has 0 bridgehead atoms. The van der Waals surface area contributed by atoms with Gasteiger partial charge in [-0.3, -0.25) is 4.79 Å². The molecule has 148 valence electrons. The normalized spacial score (nSPS) is 14.4. The van der Waals surface area contributed by atoms with Crippen molar-refractivity contribution < 1.29 is 24.1 Å². The number of carboxylic acids is 1. The molecular formula is C20H33NO5. The largest absolute Gasteiger partial charge is 0.490 e. The van der Waals surface area contributed by atoms with Crippen LogP contribution in [0, 0.1) is 5.92 Å². The second-order valence-corrected chi connectivity index (χ2v) is 6.25. The number of carbonyl (C=O) groups is 1. The Morgan fingerprint density at radius 3 is 2.12 bits per heavy atom. The number of carboxylic acid groups (broad SMARTS) is 1. The molecule has 3 atom stereocenters. The Labute approximate surface area is 156 Å². The highest BCUT2D eigenvalue weighted by atomic mass is 16.5. The van der Waals surface area contributed by atoms with Crippen LogP contribution in [0.4, 0.5) is 0 Å². The minimum Gasteiger partial charge on any atom is -0.490 e. The third-order valence-electron chi connectivity index (χ3n) is 4.58. The molecule has 0 saturated carbocycles. The Morgan fingerprint density at radius 2 is 1.62 bits per heavy atom. The molecule has 1 aromatic rings. The second-order valence-electron chi connectivity index (χ2n) is 6.25. The Balaban J connectivity index is 3.30. The van der Waals surface area contributed by atoms with Crippen LogP contribution in [0.25, 0.3) is 0 Å². The van der Waals surface area contributed by atoms with Crippen molar-refractivity contribution in [2.75, 3.05) is 19.8 Å². The summed E-state index contributed by atoms with van der Waals surface area (Å²) in [4.78, 5) is 11.1. The number of ether oxygens (including phenoxy) is 3. The predicted molar refractivity (Wildman–Crippen MR) is 102 cm³/mol. The molecule has 6 nitrogen and oxygen atoms in total. The van der Waals surface area contributed by atoms with Crippen LogP contribution in [0.2, 0.25) is 0 Å². The van der Waals surface area contributed by atoms with E-state index in [1.807, 2.05) is 39.8 Å². The molecule has 0 aliphatic rings. The van der Waals surface area contributed by atoms with Crippen LogP contribution in [0.15, 0.2) is 12.1 Å². The van der Waals surface area contributed by atoms with Gasteiger partial charge in [-0.05, 0) is 45.1 Å². The minimum atomic E-state index is -0.970. The van der Waals surface area contributed by atoms with Crippen molar-refractivity contribution in [3.05, 3.63) is 17.7 Å². The summed E-state index contributed by atoms with van der Waals surface area (Å²) in [6.07, 6.45) is 1.24. The highest BCUT2D eigenvalue weighted by Gasteiger charge is 2.28.